The van der Waals surface area contributed by atoms with E-state index in [9.17, 15) is 4.79 Å². The first-order valence-corrected chi connectivity index (χ1v) is 7.91. The first-order chi connectivity index (χ1) is 10.2. The first kappa shape index (κ1) is 16.3. The van der Waals surface area contributed by atoms with Gasteiger partial charge in [-0.2, -0.15) is 0 Å². The quantitative estimate of drug-likeness (QED) is 0.816. The zero-order valence-electron chi connectivity index (χ0n) is 12.2. The topological polar surface area (TPSA) is 59.6 Å². The van der Waals surface area contributed by atoms with Crippen molar-refractivity contribution >= 4 is 21.8 Å². The van der Waals surface area contributed by atoms with E-state index in [4.69, 9.17) is 9.47 Å². The number of nitrogens with one attached hydrogen (secondary N) is 2. The molecule has 0 aromatic heterocycles. The number of hydrogen-bond acceptors (Lipinski definition) is 4. The Morgan fingerprint density at radius 3 is 2.90 bits per heavy atom. The third-order valence-corrected chi connectivity index (χ3v) is 3.83. The normalized spacial score (nSPS) is 15.7. The second-order valence-corrected chi connectivity index (χ2v) is 5.94. The van der Waals surface area contributed by atoms with Gasteiger partial charge >= 0.3 is 0 Å². The van der Waals surface area contributed by atoms with Crippen LogP contribution in [-0.2, 0) is 16.1 Å². The van der Waals surface area contributed by atoms with E-state index in [0.717, 1.165) is 28.6 Å². The van der Waals surface area contributed by atoms with Crippen LogP contribution in [0.25, 0.3) is 0 Å². The van der Waals surface area contributed by atoms with Crippen molar-refractivity contribution in [3.05, 3.63) is 28.2 Å². The molecular formula is C15H21BrN2O3. The smallest absolute Gasteiger partial charge is 0.258 e. The second-order valence-electron chi connectivity index (χ2n) is 5.03. The van der Waals surface area contributed by atoms with E-state index in [2.05, 4.69) is 26.6 Å². The molecule has 0 bridgehead atoms. The molecule has 1 amide bonds. The van der Waals surface area contributed by atoms with Gasteiger partial charge < -0.3 is 20.1 Å². The lowest BCUT2D eigenvalue weighted by Crippen LogP contribution is -2.41. The van der Waals surface area contributed by atoms with Gasteiger partial charge in [0.15, 0.2) is 6.61 Å². The Labute approximate surface area is 133 Å². The Hall–Kier alpha value is -1.11. The molecule has 1 fully saturated rings. The molecule has 116 valence electrons. The maximum atomic E-state index is 11.9. The molecule has 1 aliphatic heterocycles. The van der Waals surface area contributed by atoms with Crippen molar-refractivity contribution in [2.24, 2.45) is 0 Å². The molecule has 0 unspecified atom stereocenters. The summed E-state index contributed by atoms with van der Waals surface area (Å²) in [5.41, 5.74) is 1.02. The van der Waals surface area contributed by atoms with Crippen molar-refractivity contribution in [3.8, 4) is 5.75 Å². The lowest BCUT2D eigenvalue weighted by atomic mass is 10.1. The van der Waals surface area contributed by atoms with Crippen LogP contribution in [0.3, 0.4) is 0 Å². The van der Waals surface area contributed by atoms with Crippen molar-refractivity contribution in [1.29, 1.82) is 0 Å². The fraction of sp³-hybridized carbons (Fsp3) is 0.533. The molecule has 21 heavy (non-hydrogen) atoms. The molecule has 2 N–H and O–H groups in total. The van der Waals surface area contributed by atoms with E-state index >= 15 is 0 Å². The van der Waals surface area contributed by atoms with E-state index < -0.39 is 0 Å². The van der Waals surface area contributed by atoms with Crippen LogP contribution in [0.4, 0.5) is 0 Å². The molecule has 1 heterocycles. The van der Waals surface area contributed by atoms with Crippen molar-refractivity contribution < 1.29 is 14.3 Å². The molecule has 0 atom stereocenters. The summed E-state index contributed by atoms with van der Waals surface area (Å²) in [6.45, 7) is 2.15. The zero-order valence-corrected chi connectivity index (χ0v) is 13.7. The molecular weight excluding hydrogens is 336 g/mol. The summed E-state index contributed by atoms with van der Waals surface area (Å²) in [5, 5.41) is 6.07. The molecule has 0 aliphatic carbocycles. The Morgan fingerprint density at radius 1 is 1.43 bits per heavy atom. The molecule has 0 radical (unpaired) electrons. The standard InChI is InChI=1S/C15H21BrN2O3/c1-17-9-11-8-12(16)2-3-14(11)21-10-15(19)18-13-4-6-20-7-5-13/h2-3,8,13,17H,4-7,9-10H2,1H3,(H,18,19). The van der Waals surface area contributed by atoms with Crippen LogP contribution >= 0.6 is 15.9 Å². The number of ether oxygens (including phenoxy) is 2. The maximum absolute atomic E-state index is 11.9. The average Bonchev–Trinajstić information content (AvgIpc) is 2.48. The van der Waals surface area contributed by atoms with Gasteiger partial charge in [-0.15, -0.1) is 0 Å². The van der Waals surface area contributed by atoms with Crippen molar-refractivity contribution in [2.45, 2.75) is 25.4 Å². The van der Waals surface area contributed by atoms with E-state index in [1.165, 1.54) is 0 Å². The summed E-state index contributed by atoms with van der Waals surface area (Å²) in [5.74, 6) is 0.648. The average molecular weight is 357 g/mol. The third kappa shape index (κ3) is 5.30. The van der Waals surface area contributed by atoms with Gasteiger partial charge in [-0.05, 0) is 38.1 Å². The number of rotatable bonds is 6. The Bertz CT molecular complexity index is 476. The van der Waals surface area contributed by atoms with Crippen LogP contribution in [0, 0.1) is 0 Å². The van der Waals surface area contributed by atoms with Crippen LogP contribution < -0.4 is 15.4 Å². The van der Waals surface area contributed by atoms with Crippen molar-refractivity contribution in [3.63, 3.8) is 0 Å². The molecule has 1 aromatic carbocycles. The summed E-state index contributed by atoms with van der Waals surface area (Å²) in [7, 11) is 1.88. The Balaban J connectivity index is 1.85. The van der Waals surface area contributed by atoms with Gasteiger partial charge in [0.05, 0.1) is 0 Å². The summed E-state index contributed by atoms with van der Waals surface area (Å²) in [4.78, 5) is 11.9. The van der Waals surface area contributed by atoms with Crippen LogP contribution in [0.1, 0.15) is 18.4 Å². The predicted molar refractivity (Wildman–Crippen MR) is 84.4 cm³/mol. The number of benzene rings is 1. The van der Waals surface area contributed by atoms with E-state index in [1.807, 2.05) is 25.2 Å². The molecule has 5 nitrogen and oxygen atoms in total. The summed E-state index contributed by atoms with van der Waals surface area (Å²) < 4.78 is 11.9. The largest absolute Gasteiger partial charge is 0.483 e. The Morgan fingerprint density at radius 2 is 2.19 bits per heavy atom. The molecule has 1 aliphatic rings. The Kier molecular flexibility index (Phi) is 6.48. The van der Waals surface area contributed by atoms with Crippen LogP contribution in [0.15, 0.2) is 22.7 Å². The SMILES string of the molecule is CNCc1cc(Br)ccc1OCC(=O)NC1CCOCC1. The number of halogens is 1. The van der Waals surface area contributed by atoms with Gasteiger partial charge in [-0.1, -0.05) is 15.9 Å². The highest BCUT2D eigenvalue weighted by Gasteiger charge is 2.16. The highest BCUT2D eigenvalue weighted by molar-refractivity contribution is 9.10. The number of amides is 1. The van der Waals surface area contributed by atoms with Crippen molar-refractivity contribution in [2.75, 3.05) is 26.9 Å². The molecule has 1 aromatic rings. The number of carbonyl (C=O) groups is 1. The second kappa shape index (κ2) is 8.36. The lowest BCUT2D eigenvalue weighted by molar-refractivity contribution is -0.124. The van der Waals surface area contributed by atoms with Gasteiger partial charge in [0.2, 0.25) is 0 Å². The lowest BCUT2D eigenvalue weighted by Gasteiger charge is -2.23. The minimum absolute atomic E-state index is 0.0374. The fourth-order valence-electron chi connectivity index (χ4n) is 2.27. The predicted octanol–water partition coefficient (Wildman–Crippen LogP) is 1.84. The van der Waals surface area contributed by atoms with Crippen LogP contribution in [0.5, 0.6) is 5.75 Å². The molecule has 1 saturated heterocycles. The molecule has 0 spiro atoms. The summed E-state index contributed by atoms with van der Waals surface area (Å²) >= 11 is 3.44. The van der Waals surface area contributed by atoms with Gasteiger partial charge in [-0.3, -0.25) is 4.79 Å². The van der Waals surface area contributed by atoms with E-state index in [-0.39, 0.29) is 18.6 Å². The molecule has 0 saturated carbocycles. The minimum atomic E-state index is -0.0831. The third-order valence-electron chi connectivity index (χ3n) is 3.33. The van der Waals surface area contributed by atoms with E-state index in [1.54, 1.807) is 0 Å². The van der Waals surface area contributed by atoms with Gasteiger partial charge in [0.25, 0.3) is 5.91 Å². The van der Waals surface area contributed by atoms with Gasteiger partial charge in [0, 0.05) is 35.8 Å². The summed E-state index contributed by atoms with van der Waals surface area (Å²) in [6, 6.07) is 5.97. The minimum Gasteiger partial charge on any atom is -0.483 e. The zero-order chi connectivity index (χ0) is 15.1. The highest BCUT2D eigenvalue weighted by Crippen LogP contribution is 2.23. The number of hydrogen-bond donors (Lipinski definition) is 2. The number of carbonyl (C=O) groups excluding carboxylic acids is 1. The highest BCUT2D eigenvalue weighted by atomic mass is 79.9. The summed E-state index contributed by atoms with van der Waals surface area (Å²) in [6.07, 6.45) is 1.74. The van der Waals surface area contributed by atoms with Gasteiger partial charge in [-0.25, -0.2) is 0 Å². The van der Waals surface area contributed by atoms with Crippen molar-refractivity contribution in [1.82, 2.24) is 10.6 Å². The maximum Gasteiger partial charge on any atom is 0.258 e. The fourth-order valence-corrected chi connectivity index (χ4v) is 2.68. The molecule has 2 rings (SSSR count). The van der Waals surface area contributed by atoms with Crippen LogP contribution in [-0.4, -0.2) is 38.8 Å². The first-order valence-electron chi connectivity index (χ1n) is 7.12. The monoisotopic (exact) mass is 356 g/mol. The van der Waals surface area contributed by atoms with E-state index in [0.29, 0.717) is 19.8 Å². The van der Waals surface area contributed by atoms with Gasteiger partial charge in [0.1, 0.15) is 5.75 Å². The molecule has 6 heteroatoms. The van der Waals surface area contributed by atoms with Crippen LogP contribution in [0.2, 0.25) is 0 Å².